The fourth-order valence-corrected chi connectivity index (χ4v) is 4.03. The number of aryl methyl sites for hydroxylation is 1. The Morgan fingerprint density at radius 2 is 1.87 bits per heavy atom. The van der Waals surface area contributed by atoms with E-state index >= 15 is 0 Å². The van der Waals surface area contributed by atoms with Gasteiger partial charge in [-0.05, 0) is 36.4 Å². The number of rotatable bonds is 6. The maximum Gasteiger partial charge on any atom is 0.224 e. The lowest BCUT2D eigenvalue weighted by molar-refractivity contribution is -0.116. The van der Waals surface area contributed by atoms with Gasteiger partial charge in [0.25, 0.3) is 0 Å². The Kier molecular flexibility index (Phi) is 5.28. The van der Waals surface area contributed by atoms with Crippen LogP contribution in [0.15, 0.2) is 76.9 Å². The molecule has 0 aliphatic rings. The van der Waals surface area contributed by atoms with Gasteiger partial charge in [0, 0.05) is 52.5 Å². The van der Waals surface area contributed by atoms with Crippen molar-refractivity contribution in [3.63, 3.8) is 0 Å². The number of benzene rings is 2. The first-order chi connectivity index (χ1) is 15.1. The highest BCUT2D eigenvalue weighted by Crippen LogP contribution is 2.24. The molecule has 8 heteroatoms. The van der Waals surface area contributed by atoms with Crippen molar-refractivity contribution < 1.29 is 9.21 Å². The van der Waals surface area contributed by atoms with Gasteiger partial charge in [0.2, 0.25) is 5.91 Å². The van der Waals surface area contributed by atoms with Crippen molar-refractivity contribution in [3.05, 3.63) is 83.4 Å². The van der Waals surface area contributed by atoms with Crippen molar-refractivity contribution in [2.45, 2.75) is 12.8 Å². The largest absolute Gasteiger partial charge is 0.441 e. The van der Waals surface area contributed by atoms with Gasteiger partial charge in [-0.2, -0.15) is 0 Å². The minimum absolute atomic E-state index is 0.0958. The SMILES string of the molecule is O=C(CCc1ncc(-c2ccc(Cl)cc2)o1)Nc1ccc(-c2cn3ccsc3n2)cc1. The van der Waals surface area contributed by atoms with Crippen LogP contribution in [0.3, 0.4) is 0 Å². The van der Waals surface area contributed by atoms with Crippen molar-refractivity contribution in [1.82, 2.24) is 14.4 Å². The van der Waals surface area contributed by atoms with Gasteiger partial charge in [-0.1, -0.05) is 23.7 Å². The second kappa shape index (κ2) is 8.37. The average molecular weight is 449 g/mol. The Morgan fingerprint density at radius 3 is 2.65 bits per heavy atom. The molecule has 0 aliphatic carbocycles. The van der Waals surface area contributed by atoms with E-state index in [0.29, 0.717) is 23.1 Å². The van der Waals surface area contributed by atoms with Gasteiger partial charge in [-0.25, -0.2) is 9.97 Å². The summed E-state index contributed by atoms with van der Waals surface area (Å²) in [5.41, 5.74) is 3.54. The summed E-state index contributed by atoms with van der Waals surface area (Å²) < 4.78 is 7.75. The molecule has 5 rings (SSSR count). The molecule has 5 aromatic rings. The number of fused-ring (bicyclic) bond motifs is 1. The molecule has 1 N–H and O–H groups in total. The molecule has 0 saturated carbocycles. The standard InChI is InChI=1S/C23H17ClN4O2S/c24-17-5-1-16(2-6-17)20-13-25-22(30-20)10-9-21(29)26-18-7-3-15(4-8-18)19-14-28-11-12-31-23(28)27-19/h1-8,11-14H,9-10H2,(H,26,29). The van der Waals surface area contributed by atoms with Crippen molar-refractivity contribution in [3.8, 4) is 22.6 Å². The number of amides is 1. The van der Waals surface area contributed by atoms with Crippen molar-refractivity contribution in [1.29, 1.82) is 0 Å². The van der Waals surface area contributed by atoms with E-state index in [1.807, 2.05) is 58.6 Å². The quantitative estimate of drug-likeness (QED) is 0.348. The molecule has 3 aromatic heterocycles. The molecular weight excluding hydrogens is 432 g/mol. The highest BCUT2D eigenvalue weighted by atomic mass is 35.5. The predicted molar refractivity (Wildman–Crippen MR) is 122 cm³/mol. The normalized spacial score (nSPS) is 11.1. The average Bonchev–Trinajstić information content (AvgIpc) is 3.50. The first-order valence-electron chi connectivity index (χ1n) is 9.67. The molecule has 0 spiro atoms. The van der Waals surface area contributed by atoms with Crippen LogP contribution in [-0.2, 0) is 11.2 Å². The molecule has 0 fully saturated rings. The number of imidazole rings is 1. The molecule has 0 bridgehead atoms. The third-order valence-corrected chi connectivity index (χ3v) is 5.83. The zero-order chi connectivity index (χ0) is 21.2. The van der Waals surface area contributed by atoms with Crippen molar-refractivity contribution in [2.75, 3.05) is 5.32 Å². The number of nitrogens with one attached hydrogen (secondary N) is 1. The number of halogens is 1. The van der Waals surface area contributed by atoms with Gasteiger partial charge in [0.15, 0.2) is 16.6 Å². The number of carbonyl (C=O) groups is 1. The summed E-state index contributed by atoms with van der Waals surface area (Å²) in [5, 5.41) is 5.58. The minimum atomic E-state index is -0.0958. The van der Waals surface area contributed by atoms with Gasteiger partial charge in [-0.15, -0.1) is 11.3 Å². The Bertz CT molecular complexity index is 1310. The fraction of sp³-hybridized carbons (Fsp3) is 0.0870. The number of thiazole rings is 1. The molecule has 0 saturated heterocycles. The highest BCUT2D eigenvalue weighted by Gasteiger charge is 2.10. The van der Waals surface area contributed by atoms with E-state index in [-0.39, 0.29) is 12.3 Å². The molecule has 154 valence electrons. The van der Waals surface area contributed by atoms with Crippen LogP contribution in [0.4, 0.5) is 5.69 Å². The molecule has 0 atom stereocenters. The zero-order valence-corrected chi connectivity index (χ0v) is 17.9. The molecule has 2 aromatic carbocycles. The molecular formula is C23H17ClN4O2S. The van der Waals surface area contributed by atoms with E-state index in [9.17, 15) is 4.79 Å². The monoisotopic (exact) mass is 448 g/mol. The van der Waals surface area contributed by atoms with Gasteiger partial charge in [0.1, 0.15) is 0 Å². The first kappa shape index (κ1) is 19.5. The van der Waals surface area contributed by atoms with Crippen LogP contribution in [0.1, 0.15) is 12.3 Å². The fourth-order valence-electron chi connectivity index (χ4n) is 3.21. The van der Waals surface area contributed by atoms with Crippen LogP contribution < -0.4 is 5.32 Å². The Balaban J connectivity index is 1.17. The number of anilines is 1. The first-order valence-corrected chi connectivity index (χ1v) is 10.9. The third kappa shape index (κ3) is 4.38. The minimum Gasteiger partial charge on any atom is -0.441 e. The predicted octanol–water partition coefficient (Wildman–Crippen LogP) is 5.94. The topological polar surface area (TPSA) is 72.4 Å². The number of hydrogen-bond donors (Lipinski definition) is 1. The number of aromatic nitrogens is 3. The zero-order valence-electron chi connectivity index (χ0n) is 16.3. The second-order valence-electron chi connectivity index (χ2n) is 6.97. The maximum absolute atomic E-state index is 12.3. The number of carbonyl (C=O) groups excluding carboxylic acids is 1. The van der Waals surface area contributed by atoms with E-state index in [2.05, 4.69) is 15.3 Å². The van der Waals surface area contributed by atoms with Gasteiger partial charge in [0.05, 0.1) is 11.9 Å². The molecule has 6 nitrogen and oxygen atoms in total. The van der Waals surface area contributed by atoms with E-state index in [4.69, 9.17) is 16.0 Å². The van der Waals surface area contributed by atoms with Crippen LogP contribution in [0, 0.1) is 0 Å². The Morgan fingerprint density at radius 1 is 1.10 bits per heavy atom. The molecule has 3 heterocycles. The van der Waals surface area contributed by atoms with Crippen molar-refractivity contribution in [2.24, 2.45) is 0 Å². The highest BCUT2D eigenvalue weighted by molar-refractivity contribution is 7.15. The molecule has 0 aliphatic heterocycles. The third-order valence-electron chi connectivity index (χ3n) is 4.81. The molecule has 0 radical (unpaired) electrons. The smallest absolute Gasteiger partial charge is 0.224 e. The number of oxazole rings is 1. The van der Waals surface area contributed by atoms with E-state index < -0.39 is 0 Å². The van der Waals surface area contributed by atoms with Crippen molar-refractivity contribution >= 4 is 39.5 Å². The summed E-state index contributed by atoms with van der Waals surface area (Å²) in [6.07, 6.45) is 6.34. The lowest BCUT2D eigenvalue weighted by atomic mass is 10.1. The molecule has 0 unspecified atom stereocenters. The summed E-state index contributed by atoms with van der Waals surface area (Å²) in [4.78, 5) is 22.1. The summed E-state index contributed by atoms with van der Waals surface area (Å²) in [7, 11) is 0. The summed E-state index contributed by atoms with van der Waals surface area (Å²) in [6.45, 7) is 0. The van der Waals surface area contributed by atoms with Gasteiger partial charge < -0.3 is 9.73 Å². The van der Waals surface area contributed by atoms with E-state index in [0.717, 1.165) is 27.5 Å². The lowest BCUT2D eigenvalue weighted by Crippen LogP contribution is -2.12. The number of nitrogens with zero attached hydrogens (tertiary/aromatic N) is 3. The second-order valence-corrected chi connectivity index (χ2v) is 8.28. The summed E-state index contributed by atoms with van der Waals surface area (Å²) >= 11 is 7.51. The summed E-state index contributed by atoms with van der Waals surface area (Å²) in [6, 6.07) is 15.0. The molecule has 1 amide bonds. The Labute approximate surface area is 187 Å². The van der Waals surface area contributed by atoms with Gasteiger partial charge >= 0.3 is 0 Å². The van der Waals surface area contributed by atoms with Crippen LogP contribution >= 0.6 is 22.9 Å². The van der Waals surface area contributed by atoms with Gasteiger partial charge in [-0.3, -0.25) is 9.20 Å². The van der Waals surface area contributed by atoms with Crippen LogP contribution in [0.25, 0.3) is 27.5 Å². The van der Waals surface area contributed by atoms with Crippen LogP contribution in [0.5, 0.6) is 0 Å². The Hall–Kier alpha value is -3.42. The summed E-state index contributed by atoms with van der Waals surface area (Å²) in [5.74, 6) is 1.08. The number of hydrogen-bond acceptors (Lipinski definition) is 5. The van der Waals surface area contributed by atoms with Crippen LogP contribution in [0.2, 0.25) is 5.02 Å². The maximum atomic E-state index is 12.3. The molecule has 31 heavy (non-hydrogen) atoms. The van der Waals surface area contributed by atoms with E-state index in [1.165, 1.54) is 0 Å². The lowest BCUT2D eigenvalue weighted by Gasteiger charge is -2.05. The van der Waals surface area contributed by atoms with E-state index in [1.54, 1.807) is 29.7 Å². The van der Waals surface area contributed by atoms with Crippen LogP contribution in [-0.4, -0.2) is 20.3 Å².